The minimum Gasteiger partial charge on any atom is -0.381 e. The van der Waals surface area contributed by atoms with E-state index in [-0.39, 0.29) is 12.5 Å². The molecule has 1 unspecified atom stereocenters. The zero-order valence-electron chi connectivity index (χ0n) is 14.2. The molecule has 26 heavy (non-hydrogen) atoms. The summed E-state index contributed by atoms with van der Waals surface area (Å²) in [6.07, 6.45) is 3.17. The predicted molar refractivity (Wildman–Crippen MR) is 91.8 cm³/mol. The van der Waals surface area contributed by atoms with Crippen LogP contribution < -0.4 is 5.32 Å². The van der Waals surface area contributed by atoms with Crippen molar-refractivity contribution in [3.63, 3.8) is 0 Å². The number of ether oxygens (including phenoxy) is 1. The molecule has 1 aliphatic heterocycles. The number of anilines is 1. The Hall–Kier alpha value is -1.58. The van der Waals surface area contributed by atoms with E-state index in [2.05, 4.69) is 10.2 Å². The molecule has 1 amide bonds. The molecule has 144 valence electrons. The van der Waals surface area contributed by atoms with Gasteiger partial charge < -0.3 is 10.1 Å². The van der Waals surface area contributed by atoms with Crippen LogP contribution in [0.3, 0.4) is 0 Å². The molecule has 0 spiro atoms. The van der Waals surface area contributed by atoms with Crippen LogP contribution in [-0.4, -0.2) is 57.3 Å². The van der Waals surface area contributed by atoms with Crippen molar-refractivity contribution in [3.05, 3.63) is 24.3 Å². The number of alkyl halides is 2. The average molecular weight is 388 g/mol. The van der Waals surface area contributed by atoms with Gasteiger partial charge in [0.25, 0.3) is 0 Å². The molecule has 1 heterocycles. The van der Waals surface area contributed by atoms with Gasteiger partial charge in [-0.3, -0.25) is 9.69 Å². The second-order valence-corrected chi connectivity index (χ2v) is 8.69. The molecule has 1 N–H and O–H groups in total. The maximum Gasteiger partial charge on any atom is 0.341 e. The first-order valence-electron chi connectivity index (χ1n) is 8.60. The monoisotopic (exact) mass is 388 g/mol. The van der Waals surface area contributed by atoms with Gasteiger partial charge in [-0.05, 0) is 49.4 Å². The van der Waals surface area contributed by atoms with Crippen molar-refractivity contribution in [1.29, 1.82) is 0 Å². The topological polar surface area (TPSA) is 75.7 Å². The lowest BCUT2D eigenvalue weighted by atomic mass is 10.1. The maximum absolute atomic E-state index is 12.5. The Balaban J connectivity index is 1.56. The zero-order valence-corrected chi connectivity index (χ0v) is 15.1. The van der Waals surface area contributed by atoms with E-state index in [1.54, 1.807) is 0 Å². The van der Waals surface area contributed by atoms with Crippen molar-refractivity contribution in [3.8, 4) is 0 Å². The standard InChI is InChI=1S/C17H22F2N2O4S/c18-17(19)26(23,24)15-5-1-13(2-6-15)20-16(22)10-21(14-3-4-14)9-12-7-8-25-11-12/h1-2,5-6,12,14,17H,3-4,7-11H2,(H,20,22). The highest BCUT2D eigenvalue weighted by Gasteiger charge is 2.32. The van der Waals surface area contributed by atoms with Gasteiger partial charge in [-0.15, -0.1) is 0 Å². The number of halogens is 2. The Morgan fingerprint density at radius 1 is 1.23 bits per heavy atom. The third kappa shape index (κ3) is 4.77. The van der Waals surface area contributed by atoms with Crippen molar-refractivity contribution >= 4 is 21.4 Å². The van der Waals surface area contributed by atoms with Gasteiger partial charge in [0.2, 0.25) is 15.7 Å². The molecule has 1 atom stereocenters. The summed E-state index contributed by atoms with van der Waals surface area (Å²) in [5, 5.41) is 2.69. The molecule has 0 aromatic heterocycles. The molecule has 2 fully saturated rings. The Morgan fingerprint density at radius 3 is 2.46 bits per heavy atom. The van der Waals surface area contributed by atoms with E-state index in [4.69, 9.17) is 4.74 Å². The van der Waals surface area contributed by atoms with Gasteiger partial charge in [0.05, 0.1) is 18.0 Å². The fourth-order valence-electron chi connectivity index (χ4n) is 3.06. The minimum absolute atomic E-state index is 0.208. The molecular formula is C17H22F2N2O4S. The third-order valence-electron chi connectivity index (χ3n) is 4.63. The molecule has 0 radical (unpaired) electrons. The number of amides is 1. The van der Waals surface area contributed by atoms with Crippen molar-refractivity contribution in [1.82, 2.24) is 4.90 Å². The largest absolute Gasteiger partial charge is 0.381 e. The Labute approximate surface area is 151 Å². The summed E-state index contributed by atoms with van der Waals surface area (Å²) < 4.78 is 53.2. The van der Waals surface area contributed by atoms with Crippen LogP contribution in [0.4, 0.5) is 14.5 Å². The molecule has 1 saturated heterocycles. The molecule has 1 aliphatic carbocycles. The summed E-state index contributed by atoms with van der Waals surface area (Å²) in [5.74, 6) is -3.22. The van der Waals surface area contributed by atoms with Gasteiger partial charge in [-0.25, -0.2) is 8.42 Å². The molecular weight excluding hydrogens is 366 g/mol. The molecule has 1 saturated carbocycles. The van der Waals surface area contributed by atoms with Gasteiger partial charge in [-0.1, -0.05) is 0 Å². The van der Waals surface area contributed by atoms with E-state index in [1.807, 2.05) is 0 Å². The van der Waals surface area contributed by atoms with Crippen LogP contribution in [0, 0.1) is 5.92 Å². The van der Waals surface area contributed by atoms with Crippen LogP contribution >= 0.6 is 0 Å². The minimum atomic E-state index is -4.62. The number of carbonyl (C=O) groups excluding carboxylic acids is 1. The lowest BCUT2D eigenvalue weighted by Crippen LogP contribution is -2.38. The lowest BCUT2D eigenvalue weighted by Gasteiger charge is -2.24. The van der Waals surface area contributed by atoms with E-state index in [0.29, 0.717) is 17.6 Å². The molecule has 1 aromatic carbocycles. The first kappa shape index (κ1) is 19.2. The number of carbonyl (C=O) groups is 1. The van der Waals surface area contributed by atoms with Crippen LogP contribution in [0.5, 0.6) is 0 Å². The second kappa shape index (κ2) is 7.98. The third-order valence-corrected chi connectivity index (χ3v) is 6.03. The highest BCUT2D eigenvalue weighted by atomic mass is 32.2. The molecule has 1 aromatic rings. The smallest absolute Gasteiger partial charge is 0.341 e. The lowest BCUT2D eigenvalue weighted by molar-refractivity contribution is -0.117. The maximum atomic E-state index is 12.5. The molecule has 0 bridgehead atoms. The van der Waals surface area contributed by atoms with Crippen LogP contribution in [0.15, 0.2) is 29.2 Å². The summed E-state index contributed by atoms with van der Waals surface area (Å²) in [6, 6.07) is 5.22. The van der Waals surface area contributed by atoms with Crippen molar-refractivity contribution < 1.29 is 26.7 Å². The van der Waals surface area contributed by atoms with Gasteiger partial charge >= 0.3 is 5.76 Å². The number of hydrogen-bond acceptors (Lipinski definition) is 5. The molecule has 3 rings (SSSR count). The van der Waals surface area contributed by atoms with Gasteiger partial charge in [0.15, 0.2) is 0 Å². The Bertz CT molecular complexity index is 730. The van der Waals surface area contributed by atoms with E-state index < -0.39 is 20.5 Å². The Morgan fingerprint density at radius 2 is 1.92 bits per heavy atom. The number of hydrogen-bond donors (Lipinski definition) is 1. The number of nitrogens with one attached hydrogen (secondary N) is 1. The summed E-state index contributed by atoms with van der Waals surface area (Å²) in [6.45, 7) is 2.57. The quantitative estimate of drug-likeness (QED) is 0.738. The highest BCUT2D eigenvalue weighted by Crippen LogP contribution is 2.29. The zero-order chi connectivity index (χ0) is 18.7. The molecule has 9 heteroatoms. The predicted octanol–water partition coefficient (Wildman–Crippen LogP) is 2.12. The first-order chi connectivity index (χ1) is 12.4. The Kier molecular flexibility index (Phi) is 5.89. The van der Waals surface area contributed by atoms with Crippen LogP contribution in [0.2, 0.25) is 0 Å². The van der Waals surface area contributed by atoms with Crippen molar-refractivity contribution in [2.75, 3.05) is 31.6 Å². The summed E-state index contributed by atoms with van der Waals surface area (Å²) in [5.41, 5.74) is 0.378. The number of sulfone groups is 1. The normalized spacial score (nSPS) is 20.7. The molecule has 6 nitrogen and oxygen atoms in total. The fourth-order valence-corrected chi connectivity index (χ4v) is 3.78. The van der Waals surface area contributed by atoms with E-state index in [0.717, 1.165) is 51.2 Å². The SMILES string of the molecule is O=C(CN(CC1CCOC1)C1CC1)Nc1ccc(S(=O)(=O)C(F)F)cc1. The van der Waals surface area contributed by atoms with Gasteiger partial charge in [-0.2, -0.15) is 8.78 Å². The number of benzene rings is 1. The van der Waals surface area contributed by atoms with Crippen LogP contribution in [0.25, 0.3) is 0 Å². The van der Waals surface area contributed by atoms with Gasteiger partial charge in [0, 0.05) is 24.9 Å². The summed E-state index contributed by atoms with van der Waals surface area (Å²) in [7, 11) is -4.62. The number of rotatable bonds is 8. The molecule has 2 aliphatic rings. The fraction of sp³-hybridized carbons (Fsp3) is 0.588. The summed E-state index contributed by atoms with van der Waals surface area (Å²) >= 11 is 0. The number of nitrogens with zero attached hydrogens (tertiary/aromatic N) is 1. The van der Waals surface area contributed by atoms with Crippen molar-refractivity contribution in [2.24, 2.45) is 5.92 Å². The van der Waals surface area contributed by atoms with E-state index >= 15 is 0 Å². The van der Waals surface area contributed by atoms with Crippen LogP contribution in [0.1, 0.15) is 19.3 Å². The van der Waals surface area contributed by atoms with E-state index in [9.17, 15) is 22.0 Å². The summed E-state index contributed by atoms with van der Waals surface area (Å²) in [4.78, 5) is 14.0. The second-order valence-electron chi connectivity index (χ2n) is 6.77. The average Bonchev–Trinajstić information content (AvgIpc) is 3.32. The first-order valence-corrected chi connectivity index (χ1v) is 10.1. The highest BCUT2D eigenvalue weighted by molar-refractivity contribution is 7.91. The van der Waals surface area contributed by atoms with Gasteiger partial charge in [0.1, 0.15) is 0 Å². The van der Waals surface area contributed by atoms with Crippen LogP contribution in [-0.2, 0) is 19.4 Å². The van der Waals surface area contributed by atoms with Crippen molar-refractivity contribution in [2.45, 2.75) is 36.0 Å². The van der Waals surface area contributed by atoms with E-state index in [1.165, 1.54) is 12.1 Å².